The Morgan fingerprint density at radius 1 is 0.921 bits per heavy atom. The number of carbonyl (C=O) groups excluding carboxylic acids is 1. The third-order valence-electron chi connectivity index (χ3n) is 6.74. The van der Waals surface area contributed by atoms with Crippen LogP contribution in [0.2, 0.25) is 0 Å². The Hall–Kier alpha value is -3.79. The van der Waals surface area contributed by atoms with E-state index in [-0.39, 0.29) is 52.1 Å². The first kappa shape index (κ1) is 25.8. The molecule has 196 valence electrons. The van der Waals surface area contributed by atoms with Gasteiger partial charge in [-0.1, -0.05) is 24.2 Å². The molecule has 1 saturated carbocycles. The minimum Gasteiger partial charge on any atom is -0.334 e. The number of Topliss-reactive ketones (excluding diaryl/α,β-unsaturated/α-hetero) is 1. The molecule has 0 saturated heterocycles. The van der Waals surface area contributed by atoms with Crippen LogP contribution in [0.15, 0.2) is 70.1 Å². The predicted molar refractivity (Wildman–Crippen MR) is 133 cm³/mol. The molecule has 1 aliphatic carbocycles. The number of nitrogens with zero attached hydrogens (tertiary/aromatic N) is 2. The van der Waals surface area contributed by atoms with Gasteiger partial charge in [0.1, 0.15) is 23.2 Å². The molecule has 0 radical (unpaired) electrons. The standard InChI is InChI=1S/C28H23F3N2O4S/c1-2-38(35,36)22-9-3-17(4-10-22)13-21(34)14-18-15-23(30)25(24(31)16-18)28(11-12-28)27-32-26(37-33-27)19-5-7-20(29)8-6-19/h3-10,15-16H,2,11-14H2,1H3. The SMILES string of the molecule is CCS(=O)(=O)c1ccc(CC(=O)Cc2cc(F)c(C3(c4noc(-c5ccc(F)cc5)n4)CC3)c(F)c2)cc1. The van der Waals surface area contributed by atoms with E-state index in [9.17, 15) is 17.6 Å². The van der Waals surface area contributed by atoms with Crippen LogP contribution in [-0.4, -0.2) is 30.1 Å². The number of sulfone groups is 1. The molecule has 0 spiro atoms. The maximum Gasteiger partial charge on any atom is 0.257 e. The quantitative estimate of drug-likeness (QED) is 0.283. The molecule has 1 heterocycles. The van der Waals surface area contributed by atoms with Gasteiger partial charge < -0.3 is 4.52 Å². The summed E-state index contributed by atoms with van der Waals surface area (Å²) in [5.41, 5.74) is 0.0349. The lowest BCUT2D eigenvalue weighted by Gasteiger charge is -2.15. The van der Waals surface area contributed by atoms with Crippen LogP contribution < -0.4 is 0 Å². The Morgan fingerprint density at radius 3 is 2.11 bits per heavy atom. The Bertz CT molecular complexity index is 1590. The highest BCUT2D eigenvalue weighted by Crippen LogP contribution is 2.54. The maximum atomic E-state index is 15.2. The van der Waals surface area contributed by atoms with Crippen molar-refractivity contribution < 1.29 is 30.9 Å². The molecular formula is C28H23F3N2O4S. The van der Waals surface area contributed by atoms with Gasteiger partial charge in [0.15, 0.2) is 15.7 Å². The van der Waals surface area contributed by atoms with Gasteiger partial charge >= 0.3 is 0 Å². The average Bonchev–Trinajstić information content (AvgIpc) is 3.51. The maximum absolute atomic E-state index is 15.2. The summed E-state index contributed by atoms with van der Waals surface area (Å²) in [5.74, 6) is -2.05. The summed E-state index contributed by atoms with van der Waals surface area (Å²) in [7, 11) is -3.34. The van der Waals surface area contributed by atoms with Gasteiger partial charge in [-0.15, -0.1) is 0 Å². The lowest BCUT2D eigenvalue weighted by atomic mass is 9.91. The molecule has 1 aromatic heterocycles. The van der Waals surface area contributed by atoms with E-state index in [2.05, 4.69) is 10.1 Å². The number of aromatic nitrogens is 2. The van der Waals surface area contributed by atoms with Gasteiger partial charge in [-0.3, -0.25) is 4.79 Å². The minimum atomic E-state index is -3.34. The highest BCUT2D eigenvalue weighted by atomic mass is 32.2. The summed E-state index contributed by atoms with van der Waals surface area (Å²) in [6, 6.07) is 13.8. The van der Waals surface area contributed by atoms with Gasteiger partial charge in [0.05, 0.1) is 16.1 Å². The molecule has 0 amide bonds. The second-order valence-corrected chi connectivity index (χ2v) is 11.7. The molecule has 0 aliphatic heterocycles. The van der Waals surface area contributed by atoms with Crippen LogP contribution in [0.3, 0.4) is 0 Å². The van der Waals surface area contributed by atoms with Crippen molar-refractivity contribution in [1.82, 2.24) is 10.1 Å². The number of hydrogen-bond acceptors (Lipinski definition) is 6. The summed E-state index contributed by atoms with van der Waals surface area (Å²) in [6.07, 6.45) is 0.653. The van der Waals surface area contributed by atoms with Crippen molar-refractivity contribution in [1.29, 1.82) is 0 Å². The van der Waals surface area contributed by atoms with Gasteiger partial charge in [0.2, 0.25) is 0 Å². The fourth-order valence-corrected chi connectivity index (χ4v) is 5.41. The molecule has 1 fully saturated rings. The van der Waals surface area contributed by atoms with Crippen LogP contribution in [0, 0.1) is 17.5 Å². The molecule has 4 aromatic rings. The largest absolute Gasteiger partial charge is 0.334 e. The highest BCUT2D eigenvalue weighted by Gasteiger charge is 2.53. The monoisotopic (exact) mass is 540 g/mol. The van der Waals surface area contributed by atoms with E-state index < -0.39 is 32.7 Å². The molecule has 0 N–H and O–H groups in total. The van der Waals surface area contributed by atoms with E-state index in [0.29, 0.717) is 24.0 Å². The van der Waals surface area contributed by atoms with Gasteiger partial charge in [-0.05, 0) is 72.5 Å². The summed E-state index contributed by atoms with van der Waals surface area (Å²) >= 11 is 0. The van der Waals surface area contributed by atoms with E-state index in [1.807, 2.05) is 0 Å². The van der Waals surface area contributed by atoms with Crippen molar-refractivity contribution in [3.63, 3.8) is 0 Å². The van der Waals surface area contributed by atoms with Crippen LogP contribution in [0.1, 0.15) is 42.3 Å². The predicted octanol–water partition coefficient (Wildman–Crippen LogP) is 5.38. The van der Waals surface area contributed by atoms with Crippen LogP contribution in [-0.2, 0) is 32.9 Å². The zero-order chi connectivity index (χ0) is 27.1. The summed E-state index contributed by atoms with van der Waals surface area (Å²) in [4.78, 5) is 17.1. The van der Waals surface area contributed by atoms with E-state index >= 15 is 8.78 Å². The molecular weight excluding hydrogens is 517 g/mol. The summed E-state index contributed by atoms with van der Waals surface area (Å²) in [5, 5.41) is 3.95. The Kier molecular flexibility index (Phi) is 6.68. The van der Waals surface area contributed by atoms with Crippen molar-refractivity contribution in [3.8, 4) is 11.5 Å². The fourth-order valence-electron chi connectivity index (χ4n) is 4.52. The van der Waals surface area contributed by atoms with Gasteiger partial charge in [0.25, 0.3) is 5.89 Å². The lowest BCUT2D eigenvalue weighted by molar-refractivity contribution is -0.117. The molecule has 3 aromatic carbocycles. The Morgan fingerprint density at radius 2 is 1.53 bits per heavy atom. The Labute approximate surface area is 217 Å². The second kappa shape index (κ2) is 9.83. The van der Waals surface area contributed by atoms with Crippen LogP contribution in [0.4, 0.5) is 13.2 Å². The van der Waals surface area contributed by atoms with E-state index in [0.717, 1.165) is 12.1 Å². The number of carbonyl (C=O) groups is 1. The first-order chi connectivity index (χ1) is 18.1. The first-order valence-electron chi connectivity index (χ1n) is 12.0. The number of halogens is 3. The van der Waals surface area contributed by atoms with E-state index in [1.54, 1.807) is 19.1 Å². The van der Waals surface area contributed by atoms with Gasteiger partial charge in [-0.25, -0.2) is 21.6 Å². The Balaban J connectivity index is 1.32. The summed E-state index contributed by atoms with van der Waals surface area (Å²) in [6.45, 7) is 1.55. The second-order valence-electron chi connectivity index (χ2n) is 9.39. The minimum absolute atomic E-state index is 0.00357. The van der Waals surface area contributed by atoms with E-state index in [1.165, 1.54) is 36.4 Å². The third-order valence-corrected chi connectivity index (χ3v) is 8.49. The van der Waals surface area contributed by atoms with Crippen molar-refractivity contribution in [2.45, 2.75) is 42.9 Å². The molecule has 10 heteroatoms. The van der Waals surface area contributed by atoms with Gasteiger partial charge in [0, 0.05) is 24.0 Å². The lowest BCUT2D eigenvalue weighted by Crippen LogP contribution is -2.17. The zero-order valence-corrected chi connectivity index (χ0v) is 21.2. The van der Waals surface area contributed by atoms with Crippen molar-refractivity contribution >= 4 is 15.6 Å². The molecule has 0 unspecified atom stereocenters. The van der Waals surface area contributed by atoms with E-state index in [4.69, 9.17) is 4.52 Å². The first-order valence-corrected chi connectivity index (χ1v) is 13.7. The molecule has 1 aliphatic rings. The topological polar surface area (TPSA) is 90.1 Å². The third kappa shape index (κ3) is 5.00. The zero-order valence-electron chi connectivity index (χ0n) is 20.4. The number of benzene rings is 3. The molecule has 6 nitrogen and oxygen atoms in total. The number of ketones is 1. The highest BCUT2D eigenvalue weighted by molar-refractivity contribution is 7.91. The smallest absolute Gasteiger partial charge is 0.257 e. The molecule has 5 rings (SSSR count). The molecule has 38 heavy (non-hydrogen) atoms. The van der Waals surface area contributed by atoms with Crippen LogP contribution in [0.25, 0.3) is 11.5 Å². The van der Waals surface area contributed by atoms with Gasteiger partial charge in [-0.2, -0.15) is 4.98 Å². The van der Waals surface area contributed by atoms with Crippen LogP contribution in [0.5, 0.6) is 0 Å². The van der Waals surface area contributed by atoms with Crippen molar-refractivity contribution in [3.05, 3.63) is 101 Å². The average molecular weight is 541 g/mol. The van der Waals surface area contributed by atoms with Crippen molar-refractivity contribution in [2.75, 3.05) is 5.75 Å². The molecule has 0 atom stereocenters. The fraction of sp³-hybridized carbons (Fsp3) is 0.250. The number of rotatable bonds is 9. The normalized spacial score (nSPS) is 14.4. The molecule has 0 bridgehead atoms. The van der Waals surface area contributed by atoms with Crippen molar-refractivity contribution in [2.24, 2.45) is 0 Å². The number of hydrogen-bond donors (Lipinski definition) is 0. The van der Waals surface area contributed by atoms with Crippen LogP contribution >= 0.6 is 0 Å². The summed E-state index contributed by atoms with van der Waals surface area (Å²) < 4.78 is 72.9.